The maximum absolute atomic E-state index is 11.3. The first-order chi connectivity index (χ1) is 6.46. The molecule has 0 heterocycles. The molecular weight excluding hydrogens is 198 g/mol. The standard InChI is InChI=1S/C11H20ClNO/c1-11(2,10(12)14)13(3)9-7-5-4-6-8-9/h9H,4-8H2,1-3H3. The first kappa shape index (κ1) is 12.0. The van der Waals surface area contributed by atoms with Gasteiger partial charge in [-0.2, -0.15) is 0 Å². The van der Waals surface area contributed by atoms with E-state index in [2.05, 4.69) is 4.90 Å². The Hall–Kier alpha value is -0.0800. The fourth-order valence-corrected chi connectivity index (χ4v) is 2.20. The van der Waals surface area contributed by atoms with Crippen molar-refractivity contribution in [2.45, 2.75) is 57.5 Å². The second-order valence-corrected chi connectivity index (χ2v) is 5.08. The first-order valence-corrected chi connectivity index (χ1v) is 5.77. The van der Waals surface area contributed by atoms with Crippen LogP contribution >= 0.6 is 11.6 Å². The summed E-state index contributed by atoms with van der Waals surface area (Å²) in [6, 6.07) is 0.529. The molecule has 0 N–H and O–H groups in total. The van der Waals surface area contributed by atoms with Gasteiger partial charge in [-0.25, -0.2) is 0 Å². The Morgan fingerprint density at radius 1 is 1.29 bits per heavy atom. The zero-order chi connectivity index (χ0) is 10.8. The SMILES string of the molecule is CN(C1CCCCC1)C(C)(C)C(=O)Cl. The maximum Gasteiger partial charge on any atom is 0.241 e. The van der Waals surface area contributed by atoms with E-state index in [1.54, 1.807) is 0 Å². The van der Waals surface area contributed by atoms with E-state index in [9.17, 15) is 4.79 Å². The van der Waals surface area contributed by atoms with Crippen LogP contribution in [0.5, 0.6) is 0 Å². The van der Waals surface area contributed by atoms with Crippen molar-refractivity contribution in [1.82, 2.24) is 4.90 Å². The van der Waals surface area contributed by atoms with E-state index in [0.29, 0.717) is 6.04 Å². The molecule has 0 amide bonds. The van der Waals surface area contributed by atoms with Crippen LogP contribution in [0.15, 0.2) is 0 Å². The number of hydrogen-bond acceptors (Lipinski definition) is 2. The zero-order valence-corrected chi connectivity index (χ0v) is 10.1. The molecule has 0 aromatic carbocycles. The summed E-state index contributed by atoms with van der Waals surface area (Å²) in [5, 5.41) is -0.259. The third kappa shape index (κ3) is 2.48. The Balaban J connectivity index is 2.62. The fourth-order valence-electron chi connectivity index (χ4n) is 2.06. The normalized spacial score (nSPS) is 20.1. The summed E-state index contributed by atoms with van der Waals surface area (Å²) in [5.41, 5.74) is -0.524. The van der Waals surface area contributed by atoms with Crippen molar-refractivity contribution in [3.63, 3.8) is 0 Å². The minimum Gasteiger partial charge on any atom is -0.291 e. The van der Waals surface area contributed by atoms with Crippen molar-refractivity contribution in [2.24, 2.45) is 0 Å². The number of likely N-dealkylation sites (N-methyl/N-ethyl adjacent to an activating group) is 1. The van der Waals surface area contributed by atoms with Crippen molar-refractivity contribution in [2.75, 3.05) is 7.05 Å². The van der Waals surface area contributed by atoms with E-state index < -0.39 is 5.54 Å². The molecule has 0 unspecified atom stereocenters. The maximum atomic E-state index is 11.3. The summed E-state index contributed by atoms with van der Waals surface area (Å²) >= 11 is 5.60. The minimum absolute atomic E-state index is 0.259. The Bertz CT molecular complexity index is 209. The quantitative estimate of drug-likeness (QED) is 0.678. The van der Waals surface area contributed by atoms with Crippen LogP contribution in [0, 0.1) is 0 Å². The van der Waals surface area contributed by atoms with E-state index in [1.165, 1.54) is 32.1 Å². The average Bonchev–Trinajstić information content (AvgIpc) is 2.17. The third-order valence-electron chi connectivity index (χ3n) is 3.49. The summed E-state index contributed by atoms with van der Waals surface area (Å²) in [4.78, 5) is 13.4. The van der Waals surface area contributed by atoms with E-state index in [1.807, 2.05) is 20.9 Å². The summed E-state index contributed by atoms with van der Waals surface area (Å²) in [7, 11) is 2.01. The summed E-state index contributed by atoms with van der Waals surface area (Å²) < 4.78 is 0. The molecular formula is C11H20ClNO. The van der Waals surface area contributed by atoms with Crippen molar-refractivity contribution in [1.29, 1.82) is 0 Å². The zero-order valence-electron chi connectivity index (χ0n) is 9.35. The highest BCUT2D eigenvalue weighted by atomic mass is 35.5. The minimum atomic E-state index is -0.524. The van der Waals surface area contributed by atoms with Crippen molar-refractivity contribution >= 4 is 16.8 Å². The van der Waals surface area contributed by atoms with E-state index in [0.717, 1.165) is 0 Å². The molecule has 0 spiro atoms. The largest absolute Gasteiger partial charge is 0.291 e. The van der Waals surface area contributed by atoms with Crippen LogP contribution in [0.25, 0.3) is 0 Å². The summed E-state index contributed by atoms with van der Waals surface area (Å²) in [6.45, 7) is 3.80. The van der Waals surface area contributed by atoms with Gasteiger partial charge < -0.3 is 0 Å². The van der Waals surface area contributed by atoms with Gasteiger partial charge in [-0.15, -0.1) is 0 Å². The first-order valence-electron chi connectivity index (χ1n) is 5.39. The predicted molar refractivity (Wildman–Crippen MR) is 59.6 cm³/mol. The predicted octanol–water partition coefficient (Wildman–Crippen LogP) is 2.79. The van der Waals surface area contributed by atoms with E-state index >= 15 is 0 Å². The molecule has 1 aliphatic rings. The molecule has 1 saturated carbocycles. The molecule has 1 aliphatic carbocycles. The molecule has 0 saturated heterocycles. The lowest BCUT2D eigenvalue weighted by Crippen LogP contribution is -2.51. The van der Waals surface area contributed by atoms with Gasteiger partial charge >= 0.3 is 0 Å². The highest BCUT2D eigenvalue weighted by Gasteiger charge is 2.35. The van der Waals surface area contributed by atoms with Gasteiger partial charge in [0.1, 0.15) is 0 Å². The average molecular weight is 218 g/mol. The monoisotopic (exact) mass is 217 g/mol. The number of rotatable bonds is 3. The number of carbonyl (C=O) groups excluding carboxylic acids is 1. The molecule has 82 valence electrons. The molecule has 2 nitrogen and oxygen atoms in total. The van der Waals surface area contributed by atoms with Gasteiger partial charge in [0.15, 0.2) is 0 Å². The van der Waals surface area contributed by atoms with Crippen molar-refractivity contribution in [3.05, 3.63) is 0 Å². The topological polar surface area (TPSA) is 20.3 Å². The molecule has 0 aromatic rings. The second-order valence-electron chi connectivity index (χ2n) is 4.74. The molecule has 1 rings (SSSR count). The van der Waals surface area contributed by atoms with Gasteiger partial charge in [0.25, 0.3) is 0 Å². The van der Waals surface area contributed by atoms with E-state index in [-0.39, 0.29) is 5.24 Å². The van der Waals surface area contributed by atoms with Gasteiger partial charge in [0, 0.05) is 6.04 Å². The Morgan fingerprint density at radius 3 is 2.21 bits per heavy atom. The summed E-state index contributed by atoms with van der Waals surface area (Å²) in [6.07, 6.45) is 6.29. The highest BCUT2D eigenvalue weighted by Crippen LogP contribution is 2.27. The number of halogens is 1. The number of carbonyl (C=O) groups is 1. The Labute approximate surface area is 91.6 Å². The van der Waals surface area contributed by atoms with Gasteiger partial charge in [-0.05, 0) is 45.3 Å². The molecule has 0 atom stereocenters. The van der Waals surface area contributed by atoms with Crippen molar-refractivity contribution < 1.29 is 4.79 Å². The molecule has 0 bridgehead atoms. The number of nitrogens with zero attached hydrogens (tertiary/aromatic N) is 1. The third-order valence-corrected chi connectivity index (χ3v) is 3.95. The molecule has 14 heavy (non-hydrogen) atoms. The molecule has 0 aliphatic heterocycles. The molecule has 1 fully saturated rings. The summed E-state index contributed by atoms with van der Waals surface area (Å²) in [5.74, 6) is 0. The van der Waals surface area contributed by atoms with Crippen LogP contribution in [0.1, 0.15) is 46.0 Å². The second kappa shape index (κ2) is 4.63. The van der Waals surface area contributed by atoms with Gasteiger partial charge in [0.05, 0.1) is 5.54 Å². The lowest BCUT2D eigenvalue weighted by Gasteiger charge is -2.40. The van der Waals surface area contributed by atoms with E-state index in [4.69, 9.17) is 11.6 Å². The smallest absolute Gasteiger partial charge is 0.241 e. The highest BCUT2D eigenvalue weighted by molar-refractivity contribution is 6.65. The van der Waals surface area contributed by atoms with Crippen LogP contribution in [0.2, 0.25) is 0 Å². The van der Waals surface area contributed by atoms with Crippen LogP contribution in [0.3, 0.4) is 0 Å². The molecule has 0 radical (unpaired) electrons. The lowest BCUT2D eigenvalue weighted by molar-refractivity contribution is -0.122. The van der Waals surface area contributed by atoms with Crippen LogP contribution in [-0.2, 0) is 4.79 Å². The lowest BCUT2D eigenvalue weighted by atomic mass is 9.91. The van der Waals surface area contributed by atoms with Crippen molar-refractivity contribution in [3.8, 4) is 0 Å². The molecule has 3 heteroatoms. The van der Waals surface area contributed by atoms with Gasteiger partial charge in [-0.1, -0.05) is 19.3 Å². The van der Waals surface area contributed by atoms with Gasteiger partial charge in [-0.3, -0.25) is 9.69 Å². The number of hydrogen-bond donors (Lipinski definition) is 0. The Kier molecular flexibility index (Phi) is 3.96. The Morgan fingerprint density at radius 2 is 1.79 bits per heavy atom. The van der Waals surface area contributed by atoms with Gasteiger partial charge in [0.2, 0.25) is 5.24 Å². The van der Waals surface area contributed by atoms with Crippen LogP contribution in [-0.4, -0.2) is 28.8 Å². The fraction of sp³-hybridized carbons (Fsp3) is 0.909. The van der Waals surface area contributed by atoms with Crippen LogP contribution < -0.4 is 0 Å². The molecule has 0 aromatic heterocycles. The van der Waals surface area contributed by atoms with Crippen LogP contribution in [0.4, 0.5) is 0 Å².